The van der Waals surface area contributed by atoms with Gasteiger partial charge in [0.05, 0.1) is 36.0 Å². The summed E-state index contributed by atoms with van der Waals surface area (Å²) in [5.41, 5.74) is -0.00808. The third kappa shape index (κ3) is 7.78. The van der Waals surface area contributed by atoms with Gasteiger partial charge in [-0.3, -0.25) is 23.9 Å². The van der Waals surface area contributed by atoms with Crippen LogP contribution < -0.4 is 19.5 Å². The molecule has 7 rings (SSSR count). The number of hydrogen-bond acceptors (Lipinski definition) is 9. The van der Waals surface area contributed by atoms with Crippen molar-refractivity contribution in [3.63, 3.8) is 0 Å². The quantitative estimate of drug-likeness (QED) is 0.242. The summed E-state index contributed by atoms with van der Waals surface area (Å²) in [6.07, 6.45) is 2.93. The number of sulfonamides is 1. The number of fused-ring (bicyclic) bond motifs is 1. The fourth-order valence-corrected chi connectivity index (χ4v) is 8.93. The minimum absolute atomic E-state index is 0.0140. The Morgan fingerprint density at radius 3 is 2.40 bits per heavy atom. The Hall–Kier alpha value is -4.98. The zero-order valence-electron chi connectivity index (χ0n) is 31.7. The second kappa shape index (κ2) is 14.6. The predicted molar refractivity (Wildman–Crippen MR) is 206 cm³/mol. The number of aromatic nitrogens is 1. The minimum atomic E-state index is -3.89. The number of amides is 4. The van der Waals surface area contributed by atoms with Crippen molar-refractivity contribution in [2.24, 2.45) is 17.3 Å². The number of nitrogens with zero attached hydrogens (tertiary/aromatic N) is 3. The van der Waals surface area contributed by atoms with Gasteiger partial charge in [0.2, 0.25) is 27.7 Å². The van der Waals surface area contributed by atoms with E-state index in [0.717, 1.165) is 12.0 Å². The number of ether oxygens (including phenoxy) is 2. The highest BCUT2D eigenvalue weighted by molar-refractivity contribution is 7.91. The van der Waals surface area contributed by atoms with E-state index in [1.807, 2.05) is 75.4 Å². The Balaban J connectivity index is 1.21. The van der Waals surface area contributed by atoms with Crippen molar-refractivity contribution in [1.29, 1.82) is 0 Å². The van der Waals surface area contributed by atoms with E-state index >= 15 is 0 Å². The Labute approximate surface area is 321 Å². The zero-order valence-corrected chi connectivity index (χ0v) is 32.6. The molecule has 0 bridgehead atoms. The maximum absolute atomic E-state index is 14.7. The molecule has 2 saturated heterocycles. The van der Waals surface area contributed by atoms with Gasteiger partial charge >= 0.3 is 0 Å². The molecular formula is C41H49N5O8S. The molecule has 4 aliphatic rings. The molecule has 3 aromatic rings. The molecule has 2 aliphatic heterocycles. The van der Waals surface area contributed by atoms with E-state index in [1.165, 1.54) is 11.0 Å². The van der Waals surface area contributed by atoms with Gasteiger partial charge < -0.3 is 24.6 Å². The molecule has 0 radical (unpaired) electrons. The van der Waals surface area contributed by atoms with E-state index in [2.05, 4.69) is 16.6 Å². The maximum Gasteiger partial charge on any atom is 0.259 e. The van der Waals surface area contributed by atoms with Crippen LogP contribution in [0.5, 0.6) is 11.5 Å². The van der Waals surface area contributed by atoms with Gasteiger partial charge in [-0.05, 0) is 43.2 Å². The second-order valence-electron chi connectivity index (χ2n) is 16.3. The lowest BCUT2D eigenvalue weighted by Gasteiger charge is -2.37. The van der Waals surface area contributed by atoms with Crippen molar-refractivity contribution >= 4 is 44.6 Å². The molecule has 1 aromatic heterocycles. The van der Waals surface area contributed by atoms with Gasteiger partial charge in [-0.2, -0.15) is 0 Å². The van der Waals surface area contributed by atoms with Crippen LogP contribution in [0.4, 0.5) is 0 Å². The van der Waals surface area contributed by atoms with Crippen LogP contribution in [0.3, 0.4) is 0 Å². The summed E-state index contributed by atoms with van der Waals surface area (Å²) in [5.74, 6) is -2.05. The first kappa shape index (κ1) is 38.3. The van der Waals surface area contributed by atoms with Gasteiger partial charge in [-0.15, -0.1) is 6.58 Å². The van der Waals surface area contributed by atoms with Crippen molar-refractivity contribution in [2.45, 2.75) is 82.2 Å². The molecular weight excluding hydrogens is 723 g/mol. The zero-order chi connectivity index (χ0) is 39.3. The van der Waals surface area contributed by atoms with Crippen molar-refractivity contribution in [3.8, 4) is 22.8 Å². The van der Waals surface area contributed by atoms with Crippen LogP contribution in [0.2, 0.25) is 0 Å². The van der Waals surface area contributed by atoms with Gasteiger partial charge in [0.25, 0.3) is 5.91 Å². The first-order valence-electron chi connectivity index (χ1n) is 18.9. The molecule has 2 aliphatic carbocycles. The van der Waals surface area contributed by atoms with E-state index in [-0.39, 0.29) is 37.6 Å². The number of carbonyl (C=O) groups excluding carboxylic acids is 4. The topological polar surface area (TPSA) is 164 Å². The average molecular weight is 772 g/mol. The van der Waals surface area contributed by atoms with Crippen LogP contribution >= 0.6 is 0 Å². The standard InChI is InChI=1S/C41H49N5O8S/c1-6-26-23-41(26,39(50)44-55(51,52)29-14-15-29)43-37(48)34-20-28(24-46(34)38(49)31(40(2,3)4)21-36(47)45-17-10-18-45)54-35-22-32(25-11-8-7-9-12-25)42-33-19-27(53-5)13-16-30(33)35/h6-9,11-13,16,19,22,26,28-29,31,34H,1,10,14-15,17-18,20-21,23-24H2,2-5H3,(H,43,48)(H,44,50)/t26-,28-,31-,34+,41-/m1/s1. The molecule has 55 heavy (non-hydrogen) atoms. The molecule has 5 atom stereocenters. The molecule has 2 aromatic carbocycles. The molecule has 2 saturated carbocycles. The van der Waals surface area contributed by atoms with Crippen LogP contribution in [0.25, 0.3) is 22.2 Å². The lowest BCUT2D eigenvalue weighted by molar-refractivity contribution is -0.149. The summed E-state index contributed by atoms with van der Waals surface area (Å²) >= 11 is 0. The van der Waals surface area contributed by atoms with Crippen LogP contribution in [0, 0.1) is 17.3 Å². The molecule has 4 amide bonds. The fraction of sp³-hybridized carbons (Fsp3) is 0.488. The van der Waals surface area contributed by atoms with Crippen molar-refractivity contribution in [2.75, 3.05) is 26.7 Å². The first-order chi connectivity index (χ1) is 26.1. The highest BCUT2D eigenvalue weighted by Crippen LogP contribution is 2.46. The molecule has 292 valence electrons. The highest BCUT2D eigenvalue weighted by atomic mass is 32.2. The number of likely N-dealkylation sites (tertiary alicyclic amines) is 2. The average Bonchev–Trinajstić information content (AvgIpc) is 4.06. The van der Waals surface area contributed by atoms with Crippen LogP contribution in [0.15, 0.2) is 67.3 Å². The van der Waals surface area contributed by atoms with Gasteiger partial charge in [0, 0.05) is 54.9 Å². The third-order valence-corrected chi connectivity index (χ3v) is 13.2. The Morgan fingerprint density at radius 2 is 1.80 bits per heavy atom. The summed E-state index contributed by atoms with van der Waals surface area (Å²) < 4.78 is 39.9. The Kier molecular flexibility index (Phi) is 10.2. The van der Waals surface area contributed by atoms with E-state index in [0.29, 0.717) is 54.0 Å². The summed E-state index contributed by atoms with van der Waals surface area (Å²) in [6.45, 7) is 10.8. The smallest absolute Gasteiger partial charge is 0.259 e. The van der Waals surface area contributed by atoms with Crippen LogP contribution in [-0.2, 0) is 29.2 Å². The summed E-state index contributed by atoms with van der Waals surface area (Å²) in [4.78, 5) is 64.1. The Bertz CT molecular complexity index is 2130. The minimum Gasteiger partial charge on any atom is -0.497 e. The predicted octanol–water partition coefficient (Wildman–Crippen LogP) is 4.21. The van der Waals surface area contributed by atoms with Crippen molar-refractivity contribution < 1.29 is 37.1 Å². The van der Waals surface area contributed by atoms with Gasteiger partial charge in [-0.25, -0.2) is 13.4 Å². The summed E-state index contributed by atoms with van der Waals surface area (Å²) in [5, 5.41) is 2.93. The van der Waals surface area contributed by atoms with Crippen LogP contribution in [0.1, 0.15) is 59.3 Å². The molecule has 3 heterocycles. The number of rotatable bonds is 13. The fourth-order valence-electron chi connectivity index (χ4n) is 7.56. The number of pyridine rings is 1. The van der Waals surface area contributed by atoms with Gasteiger partial charge in [0.15, 0.2) is 0 Å². The number of hydrogen-bond donors (Lipinski definition) is 2. The number of methoxy groups -OCH3 is 1. The van der Waals surface area contributed by atoms with E-state index in [1.54, 1.807) is 12.0 Å². The maximum atomic E-state index is 14.7. The first-order valence-corrected chi connectivity index (χ1v) is 20.5. The van der Waals surface area contributed by atoms with Crippen LogP contribution in [-0.4, -0.2) is 96.5 Å². The molecule has 14 heteroatoms. The summed E-state index contributed by atoms with van der Waals surface area (Å²) in [6, 6.07) is 15.9. The van der Waals surface area contributed by atoms with Crippen molar-refractivity contribution in [1.82, 2.24) is 24.8 Å². The van der Waals surface area contributed by atoms with E-state index in [9.17, 15) is 27.6 Å². The normalized spacial score (nSPS) is 24.0. The monoisotopic (exact) mass is 771 g/mol. The van der Waals surface area contributed by atoms with E-state index in [4.69, 9.17) is 14.5 Å². The van der Waals surface area contributed by atoms with E-state index < -0.39 is 62.0 Å². The SMILES string of the molecule is C=C[C@@H]1C[C@]1(NC(=O)[C@@H]1C[C@@H](Oc2cc(-c3ccccc3)nc3cc(OC)ccc23)CN1C(=O)[C@@H](CC(=O)N1CCC1)C(C)(C)C)C(=O)NS(=O)(=O)C1CC1. The molecule has 0 spiro atoms. The largest absolute Gasteiger partial charge is 0.497 e. The molecule has 4 fully saturated rings. The summed E-state index contributed by atoms with van der Waals surface area (Å²) in [7, 11) is -2.31. The Morgan fingerprint density at radius 1 is 1.07 bits per heavy atom. The molecule has 0 unspecified atom stereocenters. The second-order valence-corrected chi connectivity index (χ2v) is 18.2. The van der Waals surface area contributed by atoms with Gasteiger partial charge in [0.1, 0.15) is 29.2 Å². The number of carbonyl (C=O) groups is 4. The number of nitrogens with one attached hydrogen (secondary N) is 2. The third-order valence-electron chi connectivity index (χ3n) is 11.4. The number of benzene rings is 2. The molecule has 2 N–H and O–H groups in total. The van der Waals surface area contributed by atoms with Crippen molar-refractivity contribution in [3.05, 3.63) is 67.3 Å². The lowest BCUT2D eigenvalue weighted by Crippen LogP contribution is -2.57. The molecule has 13 nitrogen and oxygen atoms in total. The highest BCUT2D eigenvalue weighted by Gasteiger charge is 2.62. The lowest BCUT2D eigenvalue weighted by atomic mass is 9.77. The van der Waals surface area contributed by atoms with Gasteiger partial charge in [-0.1, -0.05) is 57.2 Å².